The van der Waals surface area contributed by atoms with Crippen molar-refractivity contribution >= 4 is 21.5 Å². The van der Waals surface area contributed by atoms with Gasteiger partial charge in [0.1, 0.15) is 5.75 Å². The highest BCUT2D eigenvalue weighted by Gasteiger charge is 2.14. The Morgan fingerprint density at radius 1 is 1.07 bits per heavy atom. The van der Waals surface area contributed by atoms with Gasteiger partial charge in [-0.25, -0.2) is 18.4 Å². The highest BCUT2D eigenvalue weighted by molar-refractivity contribution is 7.92. The lowest BCUT2D eigenvalue weighted by atomic mass is 10.1. The molecule has 0 aliphatic carbocycles. The Bertz CT molecular complexity index is 1200. The molecule has 30 heavy (non-hydrogen) atoms. The summed E-state index contributed by atoms with van der Waals surface area (Å²) in [5.41, 5.74) is 2.11. The molecule has 0 aliphatic rings. The van der Waals surface area contributed by atoms with Crippen molar-refractivity contribution in [3.8, 4) is 17.0 Å². The van der Waals surface area contributed by atoms with Crippen molar-refractivity contribution in [1.29, 1.82) is 0 Å². The van der Waals surface area contributed by atoms with E-state index in [0.717, 1.165) is 24.1 Å². The van der Waals surface area contributed by atoms with Crippen LogP contribution in [0.5, 0.6) is 5.75 Å². The van der Waals surface area contributed by atoms with E-state index in [2.05, 4.69) is 21.6 Å². The third kappa shape index (κ3) is 4.44. The predicted octanol–water partition coefficient (Wildman–Crippen LogP) is 4.38. The molecule has 2 heterocycles. The number of rotatable bonds is 8. The highest BCUT2D eigenvalue weighted by Crippen LogP contribution is 2.23. The summed E-state index contributed by atoms with van der Waals surface area (Å²) in [5, 5.41) is 0. The van der Waals surface area contributed by atoms with Gasteiger partial charge in [0.05, 0.1) is 17.2 Å². The number of hydrogen-bond acceptors (Lipinski definition) is 5. The fraction of sp³-hybridized carbons (Fsp3) is 0.182. The first-order valence-electron chi connectivity index (χ1n) is 9.71. The number of nitrogens with zero attached hydrogens (tertiary/aromatic N) is 3. The molecule has 0 saturated carbocycles. The maximum absolute atomic E-state index is 12.7. The Hall–Kier alpha value is -3.39. The zero-order chi connectivity index (χ0) is 21.0. The van der Waals surface area contributed by atoms with Crippen molar-refractivity contribution in [1.82, 2.24) is 14.4 Å². The summed E-state index contributed by atoms with van der Waals surface area (Å²) in [5.74, 6) is 1.27. The first kappa shape index (κ1) is 19.9. The molecule has 0 saturated heterocycles. The molecule has 0 bridgehead atoms. The minimum atomic E-state index is -3.69. The highest BCUT2D eigenvalue weighted by atomic mass is 32.2. The van der Waals surface area contributed by atoms with Crippen LogP contribution in [0.15, 0.2) is 78.1 Å². The fourth-order valence-corrected chi connectivity index (χ4v) is 4.00. The van der Waals surface area contributed by atoms with E-state index >= 15 is 0 Å². The summed E-state index contributed by atoms with van der Waals surface area (Å²) in [6.07, 6.45) is 7.45. The van der Waals surface area contributed by atoms with Gasteiger partial charge in [0.2, 0.25) is 5.78 Å². The third-order valence-corrected chi connectivity index (χ3v) is 5.97. The molecule has 1 N–H and O–H groups in total. The molecule has 0 radical (unpaired) electrons. The molecular formula is C22H22N4O3S. The number of nitrogens with one attached hydrogen (secondary N) is 1. The number of hydrogen-bond donors (Lipinski definition) is 1. The van der Waals surface area contributed by atoms with Crippen LogP contribution in [0, 0.1) is 0 Å². The standard InChI is InChI=1S/C22H22N4O3S/c1-2-3-15-29-19-9-11-20(12-10-19)30(27,28)25-18-7-5-17(6-8-18)21-16-26-14-4-13-23-22(26)24-21/h4-14,16,25H,2-3,15H2,1H3. The molecule has 2 aromatic carbocycles. The van der Waals surface area contributed by atoms with Crippen LogP contribution >= 0.6 is 0 Å². The number of benzene rings is 2. The predicted molar refractivity (Wildman–Crippen MR) is 116 cm³/mol. The van der Waals surface area contributed by atoms with Gasteiger partial charge in [-0.3, -0.25) is 9.12 Å². The van der Waals surface area contributed by atoms with E-state index < -0.39 is 10.0 Å². The maximum Gasteiger partial charge on any atom is 0.261 e. The second-order valence-electron chi connectivity index (χ2n) is 6.81. The van der Waals surface area contributed by atoms with E-state index in [1.165, 1.54) is 0 Å². The molecule has 154 valence electrons. The Kier molecular flexibility index (Phi) is 5.67. The summed E-state index contributed by atoms with van der Waals surface area (Å²) < 4.78 is 35.4. The van der Waals surface area contributed by atoms with Crippen LogP contribution in [0.25, 0.3) is 17.0 Å². The lowest BCUT2D eigenvalue weighted by Crippen LogP contribution is -2.12. The van der Waals surface area contributed by atoms with Crippen molar-refractivity contribution in [2.75, 3.05) is 11.3 Å². The number of imidazole rings is 1. The molecule has 7 nitrogen and oxygen atoms in total. The lowest BCUT2D eigenvalue weighted by Gasteiger charge is -2.10. The molecule has 0 atom stereocenters. The molecule has 0 fully saturated rings. The van der Waals surface area contributed by atoms with Crippen LogP contribution in [0.2, 0.25) is 0 Å². The van der Waals surface area contributed by atoms with Gasteiger partial charge >= 0.3 is 0 Å². The van der Waals surface area contributed by atoms with Gasteiger partial charge in [-0.05, 0) is 48.9 Å². The SMILES string of the molecule is CCCCOc1ccc(S(=O)(=O)Nc2ccc(-c3cn4cccnc4n3)cc2)cc1. The molecule has 0 spiro atoms. The van der Waals surface area contributed by atoms with Gasteiger partial charge in [-0.1, -0.05) is 25.5 Å². The summed E-state index contributed by atoms with van der Waals surface area (Å²) in [6.45, 7) is 2.71. The van der Waals surface area contributed by atoms with Gasteiger partial charge in [0.15, 0.2) is 0 Å². The normalized spacial score (nSPS) is 11.5. The first-order chi connectivity index (χ1) is 14.5. The molecule has 0 aliphatic heterocycles. The van der Waals surface area contributed by atoms with Crippen LogP contribution in [0.1, 0.15) is 19.8 Å². The van der Waals surface area contributed by atoms with Crippen molar-refractivity contribution in [2.45, 2.75) is 24.7 Å². The Balaban J connectivity index is 1.46. The molecule has 0 unspecified atom stereocenters. The molecule has 8 heteroatoms. The second-order valence-corrected chi connectivity index (χ2v) is 8.49. The van der Waals surface area contributed by atoms with Gasteiger partial charge in [-0.15, -0.1) is 0 Å². The van der Waals surface area contributed by atoms with Crippen LogP contribution in [-0.4, -0.2) is 29.4 Å². The minimum absolute atomic E-state index is 0.181. The van der Waals surface area contributed by atoms with Gasteiger partial charge in [-0.2, -0.15) is 0 Å². The number of anilines is 1. The molecule has 0 amide bonds. The topological polar surface area (TPSA) is 85.6 Å². The smallest absolute Gasteiger partial charge is 0.261 e. The van der Waals surface area contributed by atoms with Crippen molar-refractivity contribution < 1.29 is 13.2 Å². The molecule has 4 rings (SSSR count). The second kappa shape index (κ2) is 8.54. The van der Waals surface area contributed by atoms with E-state index in [9.17, 15) is 8.42 Å². The van der Waals surface area contributed by atoms with Crippen molar-refractivity contribution in [3.05, 3.63) is 73.2 Å². The van der Waals surface area contributed by atoms with Crippen LogP contribution in [0.3, 0.4) is 0 Å². The number of unbranched alkanes of at least 4 members (excludes halogenated alkanes) is 1. The Labute approximate surface area is 175 Å². The quantitative estimate of drug-likeness (QED) is 0.426. The average Bonchev–Trinajstić information content (AvgIpc) is 3.19. The van der Waals surface area contributed by atoms with Crippen LogP contribution in [0.4, 0.5) is 5.69 Å². The van der Waals surface area contributed by atoms with Crippen LogP contribution < -0.4 is 9.46 Å². The van der Waals surface area contributed by atoms with Crippen molar-refractivity contribution in [3.63, 3.8) is 0 Å². The van der Waals surface area contributed by atoms with E-state index in [1.54, 1.807) is 42.6 Å². The zero-order valence-electron chi connectivity index (χ0n) is 16.5. The minimum Gasteiger partial charge on any atom is -0.494 e. The Morgan fingerprint density at radius 2 is 1.83 bits per heavy atom. The summed E-state index contributed by atoms with van der Waals surface area (Å²) in [7, 11) is -3.69. The molecule has 2 aromatic heterocycles. The zero-order valence-corrected chi connectivity index (χ0v) is 17.3. The first-order valence-corrected chi connectivity index (χ1v) is 11.2. The fourth-order valence-electron chi connectivity index (χ4n) is 2.94. The van der Waals surface area contributed by atoms with E-state index in [1.807, 2.05) is 35.0 Å². The van der Waals surface area contributed by atoms with E-state index in [0.29, 0.717) is 23.8 Å². The van der Waals surface area contributed by atoms with Gasteiger partial charge in [0, 0.05) is 29.8 Å². The summed E-state index contributed by atoms with van der Waals surface area (Å²) in [6, 6.07) is 15.3. The summed E-state index contributed by atoms with van der Waals surface area (Å²) >= 11 is 0. The number of sulfonamides is 1. The number of ether oxygens (including phenoxy) is 1. The van der Waals surface area contributed by atoms with E-state index in [4.69, 9.17) is 4.74 Å². The maximum atomic E-state index is 12.7. The van der Waals surface area contributed by atoms with Gasteiger partial charge < -0.3 is 4.74 Å². The number of fused-ring (bicyclic) bond motifs is 1. The van der Waals surface area contributed by atoms with Crippen LogP contribution in [-0.2, 0) is 10.0 Å². The lowest BCUT2D eigenvalue weighted by molar-refractivity contribution is 0.309. The van der Waals surface area contributed by atoms with Crippen molar-refractivity contribution in [2.24, 2.45) is 0 Å². The summed E-state index contributed by atoms with van der Waals surface area (Å²) in [4.78, 5) is 8.86. The number of aromatic nitrogens is 3. The molecular weight excluding hydrogens is 400 g/mol. The Morgan fingerprint density at radius 3 is 2.53 bits per heavy atom. The molecule has 4 aromatic rings. The van der Waals surface area contributed by atoms with Gasteiger partial charge in [0.25, 0.3) is 10.0 Å². The van der Waals surface area contributed by atoms with E-state index in [-0.39, 0.29) is 4.90 Å². The largest absolute Gasteiger partial charge is 0.494 e. The third-order valence-electron chi connectivity index (χ3n) is 4.57. The monoisotopic (exact) mass is 422 g/mol. The average molecular weight is 423 g/mol.